The Morgan fingerprint density at radius 1 is 1.10 bits per heavy atom. The summed E-state index contributed by atoms with van der Waals surface area (Å²) >= 11 is 0. The molecule has 2 aromatic rings. The Morgan fingerprint density at radius 3 is 2.52 bits per heavy atom. The van der Waals surface area contributed by atoms with Crippen molar-refractivity contribution in [3.8, 4) is 17.2 Å². The standard InChI is InChI=1S/C22H26N2O5/c1-3-27-18-11-6-7-12-19(18)28-14-8-13-21(25)24-15-20(22(26)23-2)29-17-10-5-4-9-16(17)24/h4-7,9-12,20H,3,8,13-15H2,1-2H3,(H,23,26). The minimum atomic E-state index is -0.729. The van der Waals surface area contributed by atoms with Crippen LogP contribution in [0, 0.1) is 0 Å². The molecule has 154 valence electrons. The zero-order valence-electron chi connectivity index (χ0n) is 16.7. The van der Waals surface area contributed by atoms with Gasteiger partial charge in [-0.2, -0.15) is 0 Å². The van der Waals surface area contributed by atoms with Crippen LogP contribution >= 0.6 is 0 Å². The van der Waals surface area contributed by atoms with Crippen molar-refractivity contribution in [1.82, 2.24) is 5.32 Å². The first-order chi connectivity index (χ1) is 14.1. The van der Waals surface area contributed by atoms with Gasteiger partial charge >= 0.3 is 0 Å². The number of likely N-dealkylation sites (N-methyl/N-ethyl adjacent to an activating group) is 1. The molecule has 1 N–H and O–H groups in total. The number of nitrogens with one attached hydrogen (secondary N) is 1. The summed E-state index contributed by atoms with van der Waals surface area (Å²) in [7, 11) is 1.55. The summed E-state index contributed by atoms with van der Waals surface area (Å²) in [6.07, 6.45) is 0.114. The molecule has 2 amide bonds. The second-order valence-electron chi connectivity index (χ2n) is 6.52. The minimum absolute atomic E-state index is 0.0728. The van der Waals surface area contributed by atoms with Crippen LogP contribution in [0.4, 0.5) is 5.69 Å². The largest absolute Gasteiger partial charge is 0.490 e. The van der Waals surface area contributed by atoms with Crippen LogP contribution in [-0.4, -0.2) is 44.7 Å². The molecule has 0 spiro atoms. The van der Waals surface area contributed by atoms with Gasteiger partial charge in [-0.25, -0.2) is 0 Å². The Balaban J connectivity index is 1.59. The van der Waals surface area contributed by atoms with Gasteiger partial charge in [-0.1, -0.05) is 24.3 Å². The van der Waals surface area contributed by atoms with E-state index in [9.17, 15) is 9.59 Å². The Labute approximate surface area is 170 Å². The number of hydrogen-bond acceptors (Lipinski definition) is 5. The zero-order valence-corrected chi connectivity index (χ0v) is 16.7. The minimum Gasteiger partial charge on any atom is -0.490 e. The van der Waals surface area contributed by atoms with E-state index in [4.69, 9.17) is 14.2 Å². The van der Waals surface area contributed by atoms with Crippen LogP contribution in [0.5, 0.6) is 17.2 Å². The van der Waals surface area contributed by atoms with Crippen molar-refractivity contribution in [2.75, 3.05) is 31.7 Å². The molecule has 1 aliphatic heterocycles. The Morgan fingerprint density at radius 2 is 1.79 bits per heavy atom. The summed E-state index contributed by atoms with van der Waals surface area (Å²) in [4.78, 5) is 26.5. The van der Waals surface area contributed by atoms with E-state index in [1.807, 2.05) is 49.4 Å². The van der Waals surface area contributed by atoms with Gasteiger partial charge < -0.3 is 24.4 Å². The Bertz CT molecular complexity index is 855. The molecule has 1 atom stereocenters. The van der Waals surface area contributed by atoms with E-state index >= 15 is 0 Å². The molecular weight excluding hydrogens is 372 g/mol. The average molecular weight is 398 g/mol. The molecule has 1 aliphatic rings. The quantitative estimate of drug-likeness (QED) is 0.692. The van der Waals surface area contributed by atoms with Crippen LogP contribution in [-0.2, 0) is 9.59 Å². The number of amides is 2. The van der Waals surface area contributed by atoms with Gasteiger partial charge in [0.2, 0.25) is 5.91 Å². The summed E-state index contributed by atoms with van der Waals surface area (Å²) in [5.74, 6) is 1.56. The summed E-state index contributed by atoms with van der Waals surface area (Å²) in [5, 5.41) is 2.58. The zero-order chi connectivity index (χ0) is 20.6. The van der Waals surface area contributed by atoms with Crippen molar-refractivity contribution < 1.29 is 23.8 Å². The van der Waals surface area contributed by atoms with Gasteiger partial charge in [0.1, 0.15) is 5.75 Å². The van der Waals surface area contributed by atoms with Gasteiger partial charge in [0.25, 0.3) is 5.91 Å². The summed E-state index contributed by atoms with van der Waals surface area (Å²) in [6, 6.07) is 14.7. The number of anilines is 1. The fraction of sp³-hybridized carbons (Fsp3) is 0.364. The van der Waals surface area contributed by atoms with Crippen LogP contribution in [0.25, 0.3) is 0 Å². The van der Waals surface area contributed by atoms with Crippen LogP contribution in [0.1, 0.15) is 19.8 Å². The van der Waals surface area contributed by atoms with Crippen molar-refractivity contribution in [1.29, 1.82) is 0 Å². The predicted molar refractivity (Wildman–Crippen MR) is 110 cm³/mol. The van der Waals surface area contributed by atoms with E-state index < -0.39 is 6.10 Å². The van der Waals surface area contributed by atoms with Gasteiger partial charge in [-0.15, -0.1) is 0 Å². The van der Waals surface area contributed by atoms with Gasteiger partial charge in [0, 0.05) is 13.5 Å². The Kier molecular flexibility index (Phi) is 6.94. The highest BCUT2D eigenvalue weighted by Gasteiger charge is 2.32. The van der Waals surface area contributed by atoms with Gasteiger partial charge in [0.15, 0.2) is 17.6 Å². The first-order valence-corrected chi connectivity index (χ1v) is 9.76. The van der Waals surface area contributed by atoms with Gasteiger partial charge in [0.05, 0.1) is 25.4 Å². The number of ether oxygens (including phenoxy) is 3. The topological polar surface area (TPSA) is 77.1 Å². The third-order valence-corrected chi connectivity index (χ3v) is 4.56. The molecule has 1 heterocycles. The highest BCUT2D eigenvalue weighted by Crippen LogP contribution is 2.33. The number of fused-ring (bicyclic) bond motifs is 1. The Hall–Kier alpha value is -3.22. The smallest absolute Gasteiger partial charge is 0.262 e. The molecule has 29 heavy (non-hydrogen) atoms. The second-order valence-corrected chi connectivity index (χ2v) is 6.52. The van der Waals surface area contributed by atoms with E-state index in [0.717, 1.165) is 0 Å². The number of rotatable bonds is 8. The lowest BCUT2D eigenvalue weighted by Crippen LogP contribution is -2.50. The monoisotopic (exact) mass is 398 g/mol. The van der Waals surface area contributed by atoms with Gasteiger partial charge in [-0.05, 0) is 37.6 Å². The van der Waals surface area contributed by atoms with E-state index in [1.165, 1.54) is 0 Å². The summed E-state index contributed by atoms with van der Waals surface area (Å²) in [6.45, 7) is 3.05. The fourth-order valence-electron chi connectivity index (χ4n) is 3.15. The third-order valence-electron chi connectivity index (χ3n) is 4.56. The van der Waals surface area contributed by atoms with E-state index in [-0.39, 0.29) is 18.4 Å². The molecule has 0 radical (unpaired) electrons. The normalized spacial score (nSPS) is 15.1. The third kappa shape index (κ3) is 4.99. The lowest BCUT2D eigenvalue weighted by Gasteiger charge is -2.34. The second kappa shape index (κ2) is 9.82. The molecule has 2 aromatic carbocycles. The highest BCUT2D eigenvalue weighted by atomic mass is 16.5. The number of carbonyl (C=O) groups is 2. The van der Waals surface area contributed by atoms with Crippen LogP contribution in [0.2, 0.25) is 0 Å². The summed E-state index contributed by atoms with van der Waals surface area (Å²) in [5.41, 5.74) is 0.681. The number of nitrogens with zero attached hydrogens (tertiary/aromatic N) is 1. The van der Waals surface area contributed by atoms with Crippen LogP contribution in [0.3, 0.4) is 0 Å². The van der Waals surface area contributed by atoms with E-state index in [1.54, 1.807) is 18.0 Å². The van der Waals surface area contributed by atoms with Crippen molar-refractivity contribution in [2.45, 2.75) is 25.9 Å². The molecule has 3 rings (SSSR count). The molecule has 0 aliphatic carbocycles. The van der Waals surface area contributed by atoms with Crippen molar-refractivity contribution in [3.63, 3.8) is 0 Å². The molecular formula is C22H26N2O5. The predicted octanol–water partition coefficient (Wildman–Crippen LogP) is 2.78. The molecule has 0 aromatic heterocycles. The number of para-hydroxylation sites is 4. The molecule has 1 unspecified atom stereocenters. The lowest BCUT2D eigenvalue weighted by atomic mass is 10.1. The molecule has 7 heteroatoms. The maximum atomic E-state index is 12.9. The van der Waals surface area contributed by atoms with Crippen LogP contribution in [0.15, 0.2) is 48.5 Å². The molecule has 0 saturated heterocycles. The van der Waals surface area contributed by atoms with Gasteiger partial charge in [-0.3, -0.25) is 9.59 Å². The number of hydrogen-bond donors (Lipinski definition) is 1. The SMILES string of the molecule is CCOc1ccccc1OCCCC(=O)N1CC(C(=O)NC)Oc2ccccc21. The van der Waals surface area contributed by atoms with E-state index in [2.05, 4.69) is 5.32 Å². The van der Waals surface area contributed by atoms with Crippen molar-refractivity contribution in [2.24, 2.45) is 0 Å². The highest BCUT2D eigenvalue weighted by molar-refractivity contribution is 5.97. The first-order valence-electron chi connectivity index (χ1n) is 9.76. The average Bonchev–Trinajstić information content (AvgIpc) is 2.76. The van der Waals surface area contributed by atoms with Crippen LogP contribution < -0.4 is 24.4 Å². The van der Waals surface area contributed by atoms with Crippen molar-refractivity contribution >= 4 is 17.5 Å². The number of benzene rings is 2. The lowest BCUT2D eigenvalue weighted by molar-refractivity contribution is -0.128. The first kappa shape index (κ1) is 20.5. The number of carbonyl (C=O) groups excluding carboxylic acids is 2. The summed E-state index contributed by atoms with van der Waals surface area (Å²) < 4.78 is 17.1. The fourth-order valence-corrected chi connectivity index (χ4v) is 3.15. The maximum Gasteiger partial charge on any atom is 0.262 e. The maximum absolute atomic E-state index is 12.9. The molecule has 0 saturated carbocycles. The molecule has 7 nitrogen and oxygen atoms in total. The van der Waals surface area contributed by atoms with E-state index in [0.29, 0.717) is 49.0 Å². The van der Waals surface area contributed by atoms with Crippen molar-refractivity contribution in [3.05, 3.63) is 48.5 Å². The molecule has 0 fully saturated rings. The molecule has 0 bridgehead atoms.